The van der Waals surface area contributed by atoms with Gasteiger partial charge in [0.15, 0.2) is 5.76 Å². The number of thioether (sulfide) groups is 2. The molecule has 0 saturated carbocycles. The molecular formula is C22H20N2O3S2. The first kappa shape index (κ1) is 19.7. The summed E-state index contributed by atoms with van der Waals surface area (Å²) in [5, 5.41) is 5.70. The van der Waals surface area contributed by atoms with Crippen LogP contribution in [0.2, 0.25) is 0 Å². The first-order valence-electron chi connectivity index (χ1n) is 9.28. The Kier molecular flexibility index (Phi) is 6.27. The van der Waals surface area contributed by atoms with Crippen LogP contribution in [-0.2, 0) is 0 Å². The smallest absolute Gasteiger partial charge is 0.291 e. The molecular weight excluding hydrogens is 404 g/mol. The van der Waals surface area contributed by atoms with Crippen molar-refractivity contribution in [3.63, 3.8) is 0 Å². The summed E-state index contributed by atoms with van der Waals surface area (Å²) < 4.78 is 5.50. The highest BCUT2D eigenvalue weighted by atomic mass is 32.2. The van der Waals surface area contributed by atoms with Crippen molar-refractivity contribution in [3.8, 4) is 0 Å². The van der Waals surface area contributed by atoms with Gasteiger partial charge in [0.05, 0.1) is 10.8 Å². The van der Waals surface area contributed by atoms with E-state index in [9.17, 15) is 9.59 Å². The summed E-state index contributed by atoms with van der Waals surface area (Å²) in [5.74, 6) is 2.08. The van der Waals surface area contributed by atoms with Crippen LogP contribution in [0.5, 0.6) is 0 Å². The molecule has 4 rings (SSSR count). The number of furan rings is 1. The molecule has 3 aromatic rings. The second-order valence-corrected chi connectivity index (χ2v) is 9.24. The van der Waals surface area contributed by atoms with Crippen molar-refractivity contribution >= 4 is 46.7 Å². The lowest BCUT2D eigenvalue weighted by Gasteiger charge is -2.21. The Morgan fingerprint density at radius 1 is 0.862 bits per heavy atom. The number of benzene rings is 2. The SMILES string of the molecule is O=C(Nc1cccc(C2SCCCS2)c1)c1ccc(NC(=O)c2ccco2)cc1. The number of nitrogens with one attached hydrogen (secondary N) is 2. The van der Waals surface area contributed by atoms with Gasteiger partial charge in [0, 0.05) is 16.9 Å². The summed E-state index contributed by atoms with van der Waals surface area (Å²) >= 11 is 3.91. The highest BCUT2D eigenvalue weighted by molar-refractivity contribution is 8.16. The van der Waals surface area contributed by atoms with Crippen molar-refractivity contribution in [3.05, 3.63) is 83.8 Å². The quantitative estimate of drug-likeness (QED) is 0.553. The lowest BCUT2D eigenvalue weighted by Crippen LogP contribution is -2.13. The molecule has 0 unspecified atom stereocenters. The van der Waals surface area contributed by atoms with Gasteiger partial charge in [-0.3, -0.25) is 9.59 Å². The molecule has 1 saturated heterocycles. The molecule has 29 heavy (non-hydrogen) atoms. The Morgan fingerprint density at radius 2 is 1.62 bits per heavy atom. The Morgan fingerprint density at radius 3 is 2.34 bits per heavy atom. The van der Waals surface area contributed by atoms with Gasteiger partial charge in [-0.25, -0.2) is 0 Å². The van der Waals surface area contributed by atoms with E-state index >= 15 is 0 Å². The third kappa shape index (κ3) is 5.05. The molecule has 7 heteroatoms. The van der Waals surface area contributed by atoms with Gasteiger partial charge in [0.2, 0.25) is 0 Å². The summed E-state index contributed by atoms with van der Waals surface area (Å²) in [6, 6.07) is 18.1. The van der Waals surface area contributed by atoms with E-state index in [1.165, 1.54) is 29.8 Å². The molecule has 0 bridgehead atoms. The van der Waals surface area contributed by atoms with Crippen LogP contribution in [-0.4, -0.2) is 23.3 Å². The molecule has 2 heterocycles. The molecule has 1 aromatic heterocycles. The second kappa shape index (κ2) is 9.24. The topological polar surface area (TPSA) is 71.3 Å². The predicted molar refractivity (Wildman–Crippen MR) is 120 cm³/mol. The maximum Gasteiger partial charge on any atom is 0.291 e. The number of amides is 2. The van der Waals surface area contributed by atoms with E-state index in [-0.39, 0.29) is 17.6 Å². The van der Waals surface area contributed by atoms with Crippen molar-refractivity contribution in [2.45, 2.75) is 11.0 Å². The van der Waals surface area contributed by atoms with E-state index in [4.69, 9.17) is 4.42 Å². The van der Waals surface area contributed by atoms with Crippen LogP contribution in [0.25, 0.3) is 0 Å². The molecule has 0 spiro atoms. The summed E-state index contributed by atoms with van der Waals surface area (Å²) in [7, 11) is 0. The summed E-state index contributed by atoms with van der Waals surface area (Å²) in [5.41, 5.74) is 3.13. The number of carbonyl (C=O) groups excluding carboxylic acids is 2. The fourth-order valence-corrected chi connectivity index (χ4v) is 5.83. The molecule has 0 atom stereocenters. The van der Waals surface area contributed by atoms with E-state index in [0.717, 1.165) is 5.69 Å². The van der Waals surface area contributed by atoms with E-state index in [1.54, 1.807) is 36.4 Å². The first-order valence-corrected chi connectivity index (χ1v) is 11.4. The largest absolute Gasteiger partial charge is 0.459 e. The van der Waals surface area contributed by atoms with Gasteiger partial charge in [-0.15, -0.1) is 23.5 Å². The number of anilines is 2. The molecule has 2 N–H and O–H groups in total. The van der Waals surface area contributed by atoms with Crippen LogP contribution in [0.3, 0.4) is 0 Å². The third-order valence-electron chi connectivity index (χ3n) is 4.39. The summed E-state index contributed by atoms with van der Waals surface area (Å²) in [6.07, 6.45) is 2.70. The minimum Gasteiger partial charge on any atom is -0.459 e. The van der Waals surface area contributed by atoms with Crippen molar-refractivity contribution in [2.75, 3.05) is 22.1 Å². The average Bonchev–Trinajstić information content (AvgIpc) is 3.30. The molecule has 2 aromatic carbocycles. The molecule has 1 aliphatic heterocycles. The molecule has 2 amide bonds. The second-order valence-electron chi connectivity index (χ2n) is 6.52. The lowest BCUT2D eigenvalue weighted by atomic mass is 10.1. The molecule has 1 fully saturated rings. The van der Waals surface area contributed by atoms with Gasteiger partial charge >= 0.3 is 0 Å². The lowest BCUT2D eigenvalue weighted by molar-refractivity contribution is 0.0995. The zero-order valence-electron chi connectivity index (χ0n) is 15.6. The van der Waals surface area contributed by atoms with Gasteiger partial charge in [0.1, 0.15) is 0 Å². The van der Waals surface area contributed by atoms with E-state index in [1.807, 2.05) is 41.7 Å². The molecule has 0 aliphatic carbocycles. The van der Waals surface area contributed by atoms with Crippen LogP contribution in [0.15, 0.2) is 71.3 Å². The molecule has 1 aliphatic rings. The van der Waals surface area contributed by atoms with Gasteiger partial charge in [0.25, 0.3) is 11.8 Å². The van der Waals surface area contributed by atoms with Gasteiger partial charge < -0.3 is 15.1 Å². The maximum atomic E-state index is 12.6. The van der Waals surface area contributed by atoms with Crippen LogP contribution >= 0.6 is 23.5 Å². The summed E-state index contributed by atoms with van der Waals surface area (Å²) in [4.78, 5) is 24.6. The minimum atomic E-state index is -0.331. The Balaban J connectivity index is 1.39. The third-order valence-corrected chi connectivity index (χ3v) is 7.41. The Hall–Kier alpha value is -2.64. The van der Waals surface area contributed by atoms with Gasteiger partial charge in [-0.2, -0.15) is 0 Å². The van der Waals surface area contributed by atoms with Crippen LogP contribution in [0.4, 0.5) is 11.4 Å². The number of hydrogen-bond acceptors (Lipinski definition) is 5. The summed E-state index contributed by atoms with van der Waals surface area (Å²) in [6.45, 7) is 0. The van der Waals surface area contributed by atoms with Crippen LogP contribution in [0.1, 0.15) is 37.5 Å². The van der Waals surface area contributed by atoms with Gasteiger partial charge in [-0.1, -0.05) is 12.1 Å². The first-order chi connectivity index (χ1) is 14.2. The number of rotatable bonds is 5. The molecule has 5 nitrogen and oxygen atoms in total. The average molecular weight is 425 g/mol. The fraction of sp³-hybridized carbons (Fsp3) is 0.182. The highest BCUT2D eigenvalue weighted by Gasteiger charge is 2.17. The minimum absolute atomic E-state index is 0.185. The van der Waals surface area contributed by atoms with Crippen molar-refractivity contribution in [1.82, 2.24) is 0 Å². The highest BCUT2D eigenvalue weighted by Crippen LogP contribution is 2.44. The standard InChI is InChI=1S/C22H20N2O3S2/c25-20(24-18-5-1-4-16(14-18)22-28-12-3-13-29-22)15-7-9-17(10-8-15)23-21(26)19-6-2-11-27-19/h1-2,4-11,14,22H,3,12-13H2,(H,23,26)(H,24,25). The fourth-order valence-electron chi connectivity index (χ4n) is 2.95. The van der Waals surface area contributed by atoms with Crippen LogP contribution in [0, 0.1) is 0 Å². The normalized spacial score (nSPS) is 14.3. The van der Waals surface area contributed by atoms with E-state index < -0.39 is 0 Å². The van der Waals surface area contributed by atoms with E-state index in [0.29, 0.717) is 15.8 Å². The van der Waals surface area contributed by atoms with Gasteiger partial charge in [-0.05, 0) is 72.0 Å². The monoisotopic (exact) mass is 424 g/mol. The van der Waals surface area contributed by atoms with E-state index in [2.05, 4.69) is 16.7 Å². The molecule has 0 radical (unpaired) electrons. The Bertz CT molecular complexity index is 982. The van der Waals surface area contributed by atoms with Crippen molar-refractivity contribution in [1.29, 1.82) is 0 Å². The molecule has 148 valence electrons. The van der Waals surface area contributed by atoms with Crippen molar-refractivity contribution < 1.29 is 14.0 Å². The maximum absolute atomic E-state index is 12.6. The van der Waals surface area contributed by atoms with Crippen molar-refractivity contribution in [2.24, 2.45) is 0 Å². The zero-order valence-corrected chi connectivity index (χ0v) is 17.2. The number of carbonyl (C=O) groups is 2. The predicted octanol–water partition coefficient (Wildman–Crippen LogP) is 5.65. The Labute approximate surface area is 177 Å². The zero-order chi connectivity index (χ0) is 20.1. The number of hydrogen-bond donors (Lipinski definition) is 2. The van der Waals surface area contributed by atoms with Crippen LogP contribution < -0.4 is 10.6 Å².